The monoisotopic (exact) mass is 493 g/mol. The van der Waals surface area contributed by atoms with Crippen LogP contribution in [0.2, 0.25) is 0 Å². The molecule has 2 aromatic carbocycles. The molecule has 0 spiro atoms. The van der Waals surface area contributed by atoms with Crippen LogP contribution >= 0.6 is 0 Å². The molecule has 2 aliphatic rings. The number of rotatable bonds is 5. The number of piperidine rings is 1. The number of hydrogen-bond acceptors (Lipinski definition) is 4. The molecule has 34 heavy (non-hydrogen) atoms. The van der Waals surface area contributed by atoms with Crippen LogP contribution in [0, 0.1) is 0 Å². The highest BCUT2D eigenvalue weighted by Crippen LogP contribution is 2.38. The lowest BCUT2D eigenvalue weighted by Crippen LogP contribution is -2.40. The van der Waals surface area contributed by atoms with E-state index in [9.17, 15) is 21.6 Å². The fraction of sp³-hybridized carbons (Fsp3) is 0.458. The third kappa shape index (κ3) is 4.58. The Labute approximate surface area is 196 Å². The van der Waals surface area contributed by atoms with Gasteiger partial charge in [-0.2, -0.15) is 13.2 Å². The van der Waals surface area contributed by atoms with E-state index in [0.29, 0.717) is 49.4 Å². The lowest BCUT2D eigenvalue weighted by atomic mass is 10.1. The Morgan fingerprint density at radius 2 is 1.76 bits per heavy atom. The first kappa shape index (κ1) is 23.3. The quantitative estimate of drug-likeness (QED) is 0.498. The third-order valence-electron chi connectivity index (χ3n) is 6.64. The molecular formula is C24H26F3N3O3S. The van der Waals surface area contributed by atoms with Gasteiger partial charge in [0.05, 0.1) is 22.3 Å². The van der Waals surface area contributed by atoms with E-state index in [1.807, 2.05) is 22.8 Å². The SMILES string of the molecule is O=S(=O)(Cc1ccccc1)N1CCC(n2c([C@@H]3CCCO3)nc3cc(C(F)(F)F)ccc32)CC1. The molecule has 0 aliphatic carbocycles. The Bertz CT molecular complexity index is 1260. The van der Waals surface area contributed by atoms with Crippen LogP contribution in [0.3, 0.4) is 0 Å². The number of imidazole rings is 1. The highest BCUT2D eigenvalue weighted by molar-refractivity contribution is 7.88. The molecule has 0 radical (unpaired) electrons. The molecule has 10 heteroatoms. The van der Waals surface area contributed by atoms with Crippen molar-refractivity contribution in [3.63, 3.8) is 0 Å². The first-order valence-corrected chi connectivity index (χ1v) is 13.1. The van der Waals surface area contributed by atoms with Gasteiger partial charge in [0.25, 0.3) is 0 Å². The van der Waals surface area contributed by atoms with E-state index in [1.165, 1.54) is 10.4 Å². The van der Waals surface area contributed by atoms with Gasteiger partial charge in [-0.25, -0.2) is 17.7 Å². The second-order valence-electron chi connectivity index (χ2n) is 8.91. The molecule has 6 nitrogen and oxygen atoms in total. The maximum atomic E-state index is 13.3. The maximum absolute atomic E-state index is 13.3. The van der Waals surface area contributed by atoms with Gasteiger partial charge in [0.15, 0.2) is 0 Å². The van der Waals surface area contributed by atoms with E-state index in [4.69, 9.17) is 4.74 Å². The van der Waals surface area contributed by atoms with Gasteiger partial charge in [-0.3, -0.25) is 0 Å². The summed E-state index contributed by atoms with van der Waals surface area (Å²) >= 11 is 0. The van der Waals surface area contributed by atoms with Crippen molar-refractivity contribution in [1.82, 2.24) is 13.9 Å². The van der Waals surface area contributed by atoms with Crippen LogP contribution in [0.5, 0.6) is 0 Å². The molecule has 0 unspecified atom stereocenters. The predicted octanol–water partition coefficient (Wildman–Crippen LogP) is 5.07. The number of nitrogens with zero attached hydrogens (tertiary/aromatic N) is 3. The van der Waals surface area contributed by atoms with Gasteiger partial charge < -0.3 is 9.30 Å². The first-order chi connectivity index (χ1) is 16.2. The molecule has 1 atom stereocenters. The number of hydrogen-bond donors (Lipinski definition) is 0. The average Bonchev–Trinajstić information content (AvgIpc) is 3.46. The largest absolute Gasteiger partial charge is 0.416 e. The lowest BCUT2D eigenvalue weighted by molar-refractivity contribution is -0.137. The average molecular weight is 494 g/mol. The topological polar surface area (TPSA) is 64.4 Å². The van der Waals surface area contributed by atoms with Gasteiger partial charge in [0.2, 0.25) is 10.0 Å². The molecule has 0 bridgehead atoms. The van der Waals surface area contributed by atoms with E-state index in [-0.39, 0.29) is 17.9 Å². The second-order valence-corrected chi connectivity index (χ2v) is 10.9. The fourth-order valence-electron chi connectivity index (χ4n) is 4.94. The maximum Gasteiger partial charge on any atom is 0.416 e. The fourth-order valence-corrected chi connectivity index (χ4v) is 6.50. The summed E-state index contributed by atoms with van der Waals surface area (Å²) in [5.74, 6) is 0.589. The zero-order valence-electron chi connectivity index (χ0n) is 18.5. The van der Waals surface area contributed by atoms with E-state index >= 15 is 0 Å². The molecule has 0 N–H and O–H groups in total. The van der Waals surface area contributed by atoms with Gasteiger partial charge >= 0.3 is 6.18 Å². The van der Waals surface area contributed by atoms with Crippen LogP contribution in [0.4, 0.5) is 13.2 Å². The van der Waals surface area contributed by atoms with Crippen molar-refractivity contribution in [2.75, 3.05) is 19.7 Å². The first-order valence-electron chi connectivity index (χ1n) is 11.4. The van der Waals surface area contributed by atoms with E-state index in [0.717, 1.165) is 30.5 Å². The minimum Gasteiger partial charge on any atom is -0.370 e. The minimum atomic E-state index is -4.44. The Morgan fingerprint density at radius 3 is 2.41 bits per heavy atom. The highest BCUT2D eigenvalue weighted by Gasteiger charge is 2.35. The van der Waals surface area contributed by atoms with Crippen molar-refractivity contribution in [3.05, 3.63) is 65.5 Å². The summed E-state index contributed by atoms with van der Waals surface area (Å²) in [4.78, 5) is 4.57. The van der Waals surface area contributed by atoms with Crippen LogP contribution in [0.25, 0.3) is 11.0 Å². The molecule has 2 saturated heterocycles. The summed E-state index contributed by atoms with van der Waals surface area (Å²) in [6, 6.07) is 12.7. The molecule has 2 aliphatic heterocycles. The van der Waals surface area contributed by atoms with Crippen LogP contribution in [0.15, 0.2) is 48.5 Å². The number of alkyl halides is 3. The number of ether oxygens (including phenoxy) is 1. The van der Waals surface area contributed by atoms with Gasteiger partial charge in [-0.1, -0.05) is 30.3 Å². The van der Waals surface area contributed by atoms with Gasteiger partial charge in [-0.15, -0.1) is 0 Å². The van der Waals surface area contributed by atoms with Crippen molar-refractivity contribution < 1.29 is 26.3 Å². The molecule has 1 aromatic heterocycles. The Balaban J connectivity index is 1.41. The van der Waals surface area contributed by atoms with Gasteiger partial charge in [-0.05, 0) is 49.4 Å². The number of halogens is 3. The van der Waals surface area contributed by atoms with Crippen LogP contribution in [-0.2, 0) is 26.7 Å². The Kier molecular flexibility index (Phi) is 6.16. The normalized spacial score (nSPS) is 20.9. The molecular weight excluding hydrogens is 467 g/mol. The molecule has 0 saturated carbocycles. The number of benzene rings is 2. The molecule has 2 fully saturated rings. The zero-order valence-corrected chi connectivity index (χ0v) is 19.4. The molecule has 3 heterocycles. The van der Waals surface area contributed by atoms with Crippen molar-refractivity contribution in [1.29, 1.82) is 0 Å². The molecule has 5 rings (SSSR count). The van der Waals surface area contributed by atoms with Crippen molar-refractivity contribution >= 4 is 21.1 Å². The van der Waals surface area contributed by atoms with E-state index < -0.39 is 21.8 Å². The standard InChI is InChI=1S/C24H26F3N3O3S/c25-24(26,27)18-8-9-21-20(15-18)28-23(22-7-4-14-33-22)30(21)19-10-12-29(13-11-19)34(31,32)16-17-5-2-1-3-6-17/h1-3,5-6,8-9,15,19,22H,4,7,10-14,16H2/t22-/m0/s1. The van der Waals surface area contributed by atoms with Crippen LogP contribution in [-0.4, -0.2) is 42.0 Å². The minimum absolute atomic E-state index is 0.0477. The summed E-state index contributed by atoms with van der Waals surface area (Å²) in [5.41, 5.74) is 0.931. The summed E-state index contributed by atoms with van der Waals surface area (Å²) in [5, 5.41) is 0. The van der Waals surface area contributed by atoms with Crippen LogP contribution < -0.4 is 0 Å². The summed E-state index contributed by atoms with van der Waals surface area (Å²) in [7, 11) is -3.46. The zero-order chi connectivity index (χ0) is 23.9. The molecule has 3 aromatic rings. The summed E-state index contributed by atoms with van der Waals surface area (Å²) < 4.78 is 75.0. The van der Waals surface area contributed by atoms with E-state index in [2.05, 4.69) is 4.98 Å². The second kappa shape index (κ2) is 8.98. The predicted molar refractivity (Wildman–Crippen MR) is 122 cm³/mol. The summed E-state index contributed by atoms with van der Waals surface area (Å²) in [6.45, 7) is 1.30. The van der Waals surface area contributed by atoms with Crippen molar-refractivity contribution in [2.45, 2.75) is 49.8 Å². The number of fused-ring (bicyclic) bond motifs is 1. The van der Waals surface area contributed by atoms with Gasteiger partial charge in [0, 0.05) is 25.7 Å². The smallest absolute Gasteiger partial charge is 0.370 e. The number of aromatic nitrogens is 2. The lowest BCUT2D eigenvalue weighted by Gasteiger charge is -2.33. The molecule has 0 amide bonds. The summed E-state index contributed by atoms with van der Waals surface area (Å²) in [6.07, 6.45) is -1.96. The Morgan fingerprint density at radius 1 is 1.03 bits per heavy atom. The van der Waals surface area contributed by atoms with Crippen molar-refractivity contribution in [2.24, 2.45) is 0 Å². The third-order valence-corrected chi connectivity index (χ3v) is 8.49. The molecule has 182 valence electrons. The van der Waals surface area contributed by atoms with E-state index in [1.54, 1.807) is 12.1 Å². The van der Waals surface area contributed by atoms with Gasteiger partial charge in [0.1, 0.15) is 11.9 Å². The number of sulfonamides is 1. The van der Waals surface area contributed by atoms with Crippen molar-refractivity contribution in [3.8, 4) is 0 Å². The highest BCUT2D eigenvalue weighted by atomic mass is 32.2. The Hall–Kier alpha value is -2.43. The van der Waals surface area contributed by atoms with Crippen LogP contribution in [0.1, 0.15) is 54.8 Å².